The fraction of sp³-hybridized carbons (Fsp3) is 0.312. The molecule has 21 heavy (non-hydrogen) atoms. The number of benzene rings is 1. The van der Waals surface area contributed by atoms with E-state index in [0.717, 1.165) is 17.0 Å². The molecule has 1 aromatic carbocycles. The summed E-state index contributed by atoms with van der Waals surface area (Å²) >= 11 is 0. The first-order valence-corrected chi connectivity index (χ1v) is 6.76. The van der Waals surface area contributed by atoms with Gasteiger partial charge in [0.05, 0.1) is 11.8 Å². The molecule has 2 rings (SSSR count). The number of aromatic nitrogens is 2. The molecule has 1 atom stereocenters. The predicted molar refractivity (Wildman–Crippen MR) is 79.3 cm³/mol. The van der Waals surface area contributed by atoms with Crippen molar-refractivity contribution in [1.29, 1.82) is 5.26 Å². The second kappa shape index (κ2) is 6.23. The average Bonchev–Trinajstić information content (AvgIpc) is 2.72. The molecule has 0 aliphatic rings. The Morgan fingerprint density at radius 1 is 1.38 bits per heavy atom. The quantitative estimate of drug-likeness (QED) is 0.931. The zero-order valence-electron chi connectivity index (χ0n) is 12.4. The van der Waals surface area contributed by atoms with Crippen molar-refractivity contribution in [1.82, 2.24) is 15.1 Å². The number of nitrogens with zero attached hydrogens (tertiary/aromatic N) is 3. The van der Waals surface area contributed by atoms with Gasteiger partial charge in [-0.25, -0.2) is 0 Å². The van der Waals surface area contributed by atoms with Gasteiger partial charge in [-0.05, 0) is 19.4 Å². The molecule has 0 saturated heterocycles. The van der Waals surface area contributed by atoms with Crippen LogP contribution in [-0.4, -0.2) is 15.7 Å². The molecule has 0 radical (unpaired) electrons. The summed E-state index contributed by atoms with van der Waals surface area (Å²) in [4.78, 5) is 12.2. The summed E-state index contributed by atoms with van der Waals surface area (Å²) in [7, 11) is 1.87. The van der Waals surface area contributed by atoms with Gasteiger partial charge in [-0.2, -0.15) is 10.4 Å². The molecule has 0 spiro atoms. The minimum atomic E-state index is -0.788. The smallest absolute Gasteiger partial charge is 0.242 e. The monoisotopic (exact) mass is 282 g/mol. The van der Waals surface area contributed by atoms with Crippen molar-refractivity contribution < 1.29 is 4.79 Å². The van der Waals surface area contributed by atoms with E-state index in [9.17, 15) is 10.1 Å². The fourth-order valence-electron chi connectivity index (χ4n) is 2.28. The zero-order valence-corrected chi connectivity index (χ0v) is 12.4. The normalized spacial score (nSPS) is 11.7. The molecule has 1 N–H and O–H groups in total. The van der Waals surface area contributed by atoms with E-state index in [1.54, 1.807) is 16.8 Å². The molecule has 1 unspecified atom stereocenters. The zero-order chi connectivity index (χ0) is 15.4. The van der Waals surface area contributed by atoms with Crippen LogP contribution < -0.4 is 5.32 Å². The molecule has 2 aromatic rings. The SMILES string of the molecule is Cc1nn(C)c(C)c1CNC(=O)C(C#N)c1ccccc1. The van der Waals surface area contributed by atoms with Crippen molar-refractivity contribution in [3.8, 4) is 6.07 Å². The van der Waals surface area contributed by atoms with Crippen molar-refractivity contribution >= 4 is 5.91 Å². The lowest BCUT2D eigenvalue weighted by Gasteiger charge is -2.10. The highest BCUT2D eigenvalue weighted by atomic mass is 16.1. The molecule has 0 saturated carbocycles. The maximum absolute atomic E-state index is 12.2. The van der Waals surface area contributed by atoms with Gasteiger partial charge in [-0.15, -0.1) is 0 Å². The molecule has 1 heterocycles. The Kier molecular flexibility index (Phi) is 4.39. The van der Waals surface area contributed by atoms with Gasteiger partial charge in [0.15, 0.2) is 0 Å². The van der Waals surface area contributed by atoms with Crippen LogP contribution in [0.1, 0.15) is 28.4 Å². The molecule has 5 nitrogen and oxygen atoms in total. The van der Waals surface area contributed by atoms with Crippen LogP contribution in [0.2, 0.25) is 0 Å². The van der Waals surface area contributed by atoms with Gasteiger partial charge in [0.2, 0.25) is 5.91 Å². The summed E-state index contributed by atoms with van der Waals surface area (Å²) in [6.07, 6.45) is 0. The van der Waals surface area contributed by atoms with Gasteiger partial charge in [0.1, 0.15) is 5.92 Å². The first-order valence-electron chi connectivity index (χ1n) is 6.76. The summed E-state index contributed by atoms with van der Waals surface area (Å²) in [6.45, 7) is 4.25. The van der Waals surface area contributed by atoms with E-state index in [1.165, 1.54) is 0 Å². The molecule has 5 heteroatoms. The molecular formula is C16H18N4O. The van der Waals surface area contributed by atoms with E-state index in [0.29, 0.717) is 12.1 Å². The molecule has 0 aliphatic carbocycles. The Morgan fingerprint density at radius 2 is 2.05 bits per heavy atom. The third kappa shape index (κ3) is 3.11. The lowest BCUT2D eigenvalue weighted by atomic mass is 10.00. The van der Waals surface area contributed by atoms with Crippen LogP contribution in [0, 0.1) is 25.2 Å². The second-order valence-electron chi connectivity index (χ2n) is 4.96. The van der Waals surface area contributed by atoms with Crippen LogP contribution in [0.5, 0.6) is 0 Å². The summed E-state index contributed by atoms with van der Waals surface area (Å²) in [6, 6.07) is 11.1. The van der Waals surface area contributed by atoms with Gasteiger partial charge in [0, 0.05) is 24.8 Å². The fourth-order valence-corrected chi connectivity index (χ4v) is 2.28. The molecule has 1 amide bonds. The number of rotatable bonds is 4. The lowest BCUT2D eigenvalue weighted by Crippen LogP contribution is -2.28. The maximum atomic E-state index is 12.2. The number of amides is 1. The van der Waals surface area contributed by atoms with E-state index in [4.69, 9.17) is 0 Å². The third-order valence-electron chi connectivity index (χ3n) is 3.62. The number of carbonyl (C=O) groups excluding carboxylic acids is 1. The van der Waals surface area contributed by atoms with Crippen molar-refractivity contribution in [3.63, 3.8) is 0 Å². The maximum Gasteiger partial charge on any atom is 0.242 e. The largest absolute Gasteiger partial charge is 0.350 e. The number of aryl methyl sites for hydroxylation is 2. The highest BCUT2D eigenvalue weighted by Gasteiger charge is 2.20. The summed E-state index contributed by atoms with van der Waals surface area (Å²) in [5.74, 6) is -1.07. The summed E-state index contributed by atoms with van der Waals surface area (Å²) in [5.41, 5.74) is 3.61. The first-order chi connectivity index (χ1) is 10.0. The van der Waals surface area contributed by atoms with E-state index in [-0.39, 0.29) is 5.91 Å². The van der Waals surface area contributed by atoms with Gasteiger partial charge in [0.25, 0.3) is 0 Å². The van der Waals surface area contributed by atoms with E-state index in [1.807, 2.05) is 39.1 Å². The minimum Gasteiger partial charge on any atom is -0.350 e. The van der Waals surface area contributed by atoms with Crippen LogP contribution in [0.4, 0.5) is 0 Å². The van der Waals surface area contributed by atoms with Crippen molar-refractivity contribution in [2.24, 2.45) is 7.05 Å². The topological polar surface area (TPSA) is 70.7 Å². The number of nitriles is 1. The van der Waals surface area contributed by atoms with Crippen molar-refractivity contribution in [2.45, 2.75) is 26.3 Å². The highest BCUT2D eigenvalue weighted by Crippen LogP contribution is 2.16. The molecule has 0 bridgehead atoms. The number of hydrogen-bond donors (Lipinski definition) is 1. The number of hydrogen-bond acceptors (Lipinski definition) is 3. The predicted octanol–water partition coefficient (Wildman–Crippen LogP) is 1.96. The van der Waals surface area contributed by atoms with Gasteiger partial charge < -0.3 is 5.32 Å². The summed E-state index contributed by atoms with van der Waals surface area (Å²) < 4.78 is 1.79. The van der Waals surface area contributed by atoms with Gasteiger partial charge in [-0.3, -0.25) is 9.48 Å². The van der Waals surface area contributed by atoms with Gasteiger partial charge >= 0.3 is 0 Å². The van der Waals surface area contributed by atoms with Crippen LogP contribution in [0.15, 0.2) is 30.3 Å². The summed E-state index contributed by atoms with van der Waals surface area (Å²) in [5, 5.41) is 16.4. The van der Waals surface area contributed by atoms with Crippen LogP contribution >= 0.6 is 0 Å². The van der Waals surface area contributed by atoms with Crippen LogP contribution in [0.25, 0.3) is 0 Å². The molecule has 0 fully saturated rings. The van der Waals surface area contributed by atoms with Crippen LogP contribution in [-0.2, 0) is 18.4 Å². The number of carbonyl (C=O) groups is 1. The minimum absolute atomic E-state index is 0.286. The van der Waals surface area contributed by atoms with Crippen LogP contribution in [0.3, 0.4) is 0 Å². The standard InChI is InChI=1S/C16H18N4O/c1-11-15(12(2)20(3)19-11)10-18-16(21)14(9-17)13-7-5-4-6-8-13/h4-8,14H,10H2,1-3H3,(H,18,21). The van der Waals surface area contributed by atoms with E-state index < -0.39 is 5.92 Å². The molecule has 0 aliphatic heterocycles. The Labute approximate surface area is 124 Å². The Bertz CT molecular complexity index is 682. The third-order valence-corrected chi connectivity index (χ3v) is 3.62. The molecule has 108 valence electrons. The molecule has 1 aromatic heterocycles. The van der Waals surface area contributed by atoms with Gasteiger partial charge in [-0.1, -0.05) is 30.3 Å². The highest BCUT2D eigenvalue weighted by molar-refractivity contribution is 5.86. The Morgan fingerprint density at radius 3 is 2.57 bits per heavy atom. The Balaban J connectivity index is 2.09. The van der Waals surface area contributed by atoms with Crippen molar-refractivity contribution in [2.75, 3.05) is 0 Å². The first kappa shape index (κ1) is 14.8. The second-order valence-corrected chi connectivity index (χ2v) is 4.96. The van der Waals surface area contributed by atoms with E-state index >= 15 is 0 Å². The Hall–Kier alpha value is -2.61. The lowest BCUT2D eigenvalue weighted by molar-refractivity contribution is -0.121. The van der Waals surface area contributed by atoms with E-state index in [2.05, 4.69) is 16.5 Å². The molecular weight excluding hydrogens is 264 g/mol. The number of nitrogens with one attached hydrogen (secondary N) is 1. The average molecular weight is 282 g/mol. The van der Waals surface area contributed by atoms with Crippen molar-refractivity contribution in [3.05, 3.63) is 52.8 Å².